The van der Waals surface area contributed by atoms with E-state index in [1.165, 1.54) is 0 Å². The van der Waals surface area contributed by atoms with E-state index in [1.807, 2.05) is 66.2 Å². The largest absolute Gasteiger partial charge is 0.497 e. The first kappa shape index (κ1) is 26.7. The number of nitrogens with zero attached hydrogens (tertiary/aromatic N) is 3. The van der Waals surface area contributed by atoms with Gasteiger partial charge in [0, 0.05) is 39.4 Å². The van der Waals surface area contributed by atoms with E-state index in [0.717, 1.165) is 23.4 Å². The molecule has 1 unspecified atom stereocenters. The maximum absolute atomic E-state index is 10.5. The lowest BCUT2D eigenvalue weighted by molar-refractivity contribution is 0.0147. The number of ether oxygens (including phenoxy) is 4. The van der Waals surface area contributed by atoms with Gasteiger partial charge in [-0.25, -0.2) is 4.68 Å². The third kappa shape index (κ3) is 7.53. The number of hydrogen-bond donors (Lipinski definition) is 1. The van der Waals surface area contributed by atoms with Gasteiger partial charge in [0.2, 0.25) is 5.88 Å². The van der Waals surface area contributed by atoms with E-state index < -0.39 is 6.10 Å². The van der Waals surface area contributed by atoms with Crippen molar-refractivity contribution in [2.75, 3.05) is 47.1 Å². The zero-order valence-corrected chi connectivity index (χ0v) is 21.1. The lowest BCUT2D eigenvalue weighted by atomic mass is 10.1. The molecule has 1 N–H and O–H groups in total. The van der Waals surface area contributed by atoms with E-state index in [-0.39, 0.29) is 6.61 Å². The van der Waals surface area contributed by atoms with Crippen LogP contribution in [-0.2, 0) is 22.4 Å². The normalized spacial score (nSPS) is 12.2. The van der Waals surface area contributed by atoms with E-state index >= 15 is 0 Å². The zero-order chi connectivity index (χ0) is 25.0. The Morgan fingerprint density at radius 1 is 1.03 bits per heavy atom. The van der Waals surface area contributed by atoms with Gasteiger partial charge in [-0.1, -0.05) is 31.2 Å². The molecular formula is C27H37N3O5. The average molecular weight is 484 g/mol. The smallest absolute Gasteiger partial charge is 0.227 e. The van der Waals surface area contributed by atoms with Gasteiger partial charge in [0.1, 0.15) is 11.5 Å². The summed E-state index contributed by atoms with van der Waals surface area (Å²) in [5.41, 5.74) is 2.82. The molecule has 1 aromatic heterocycles. The fourth-order valence-corrected chi connectivity index (χ4v) is 3.83. The molecule has 0 saturated heterocycles. The number of aliphatic hydroxyl groups is 1. The standard InChI is InChI=1S/C27H37N3O5/c1-5-26-25(19-29(15-16-32-3)18-22(31)20-34-6-2)27(30(28-26)21-11-8-7-9-12-21)35-24-14-10-13-23(17-24)33-4/h7-14,17,22,31H,5-6,15-16,18-20H2,1-4H3. The summed E-state index contributed by atoms with van der Waals surface area (Å²) in [4.78, 5) is 2.15. The molecule has 0 aliphatic rings. The number of aromatic nitrogens is 2. The zero-order valence-electron chi connectivity index (χ0n) is 21.1. The molecule has 1 atom stereocenters. The van der Waals surface area contributed by atoms with Crippen molar-refractivity contribution >= 4 is 0 Å². The summed E-state index contributed by atoms with van der Waals surface area (Å²) in [7, 11) is 3.31. The summed E-state index contributed by atoms with van der Waals surface area (Å²) in [6, 6.07) is 17.5. The van der Waals surface area contributed by atoms with Crippen LogP contribution < -0.4 is 9.47 Å². The molecule has 35 heavy (non-hydrogen) atoms. The van der Waals surface area contributed by atoms with Crippen LogP contribution in [0.5, 0.6) is 17.4 Å². The molecular weight excluding hydrogens is 446 g/mol. The topological polar surface area (TPSA) is 78.2 Å². The number of rotatable bonds is 15. The van der Waals surface area contributed by atoms with Crippen LogP contribution in [0, 0.1) is 0 Å². The van der Waals surface area contributed by atoms with Crippen LogP contribution in [0.1, 0.15) is 25.1 Å². The van der Waals surface area contributed by atoms with Crippen LogP contribution in [0.15, 0.2) is 54.6 Å². The third-order valence-electron chi connectivity index (χ3n) is 5.59. The second-order valence-electron chi connectivity index (χ2n) is 8.15. The Balaban J connectivity index is 2.00. The first-order chi connectivity index (χ1) is 17.1. The van der Waals surface area contributed by atoms with Gasteiger partial charge in [0.25, 0.3) is 0 Å². The molecule has 8 nitrogen and oxygen atoms in total. The Morgan fingerprint density at radius 2 is 1.80 bits per heavy atom. The lowest BCUT2D eigenvalue weighted by Gasteiger charge is -2.25. The molecule has 3 aromatic rings. The molecule has 0 aliphatic heterocycles. The van der Waals surface area contributed by atoms with Crippen LogP contribution in [-0.4, -0.2) is 73.0 Å². The van der Waals surface area contributed by atoms with Crippen LogP contribution in [0.3, 0.4) is 0 Å². The number of aliphatic hydroxyl groups excluding tert-OH is 1. The van der Waals surface area contributed by atoms with Crippen LogP contribution >= 0.6 is 0 Å². The van der Waals surface area contributed by atoms with Crippen LogP contribution in [0.4, 0.5) is 0 Å². The van der Waals surface area contributed by atoms with E-state index in [2.05, 4.69) is 11.8 Å². The van der Waals surface area contributed by atoms with Crippen molar-refractivity contribution < 1.29 is 24.1 Å². The number of para-hydroxylation sites is 1. The van der Waals surface area contributed by atoms with E-state index in [0.29, 0.717) is 50.2 Å². The summed E-state index contributed by atoms with van der Waals surface area (Å²) in [5.74, 6) is 2.01. The van der Waals surface area contributed by atoms with Gasteiger partial charge < -0.3 is 24.1 Å². The van der Waals surface area contributed by atoms with Crippen LogP contribution in [0.2, 0.25) is 0 Å². The van der Waals surface area contributed by atoms with Crippen molar-refractivity contribution in [3.63, 3.8) is 0 Å². The second kappa shape index (κ2) is 13.8. The van der Waals surface area contributed by atoms with Gasteiger partial charge in [-0.2, -0.15) is 5.10 Å². The fourth-order valence-electron chi connectivity index (χ4n) is 3.83. The molecule has 0 spiro atoms. The number of aryl methyl sites for hydroxylation is 1. The lowest BCUT2D eigenvalue weighted by Crippen LogP contribution is -2.36. The molecule has 3 rings (SSSR count). The predicted octanol–water partition coefficient (Wildman–Crippen LogP) is 4.08. The Labute approximate surface area is 208 Å². The van der Waals surface area contributed by atoms with Crippen molar-refractivity contribution in [2.24, 2.45) is 0 Å². The maximum atomic E-state index is 10.5. The average Bonchev–Trinajstić information content (AvgIpc) is 3.23. The summed E-state index contributed by atoms with van der Waals surface area (Å²) in [6.45, 7) is 7.04. The summed E-state index contributed by atoms with van der Waals surface area (Å²) in [5, 5.41) is 15.4. The van der Waals surface area contributed by atoms with Crippen molar-refractivity contribution in [3.05, 3.63) is 65.9 Å². The molecule has 0 saturated carbocycles. The van der Waals surface area contributed by atoms with Gasteiger partial charge in [-0.05, 0) is 37.6 Å². The van der Waals surface area contributed by atoms with E-state index in [1.54, 1.807) is 14.2 Å². The number of hydrogen-bond acceptors (Lipinski definition) is 7. The third-order valence-corrected chi connectivity index (χ3v) is 5.59. The maximum Gasteiger partial charge on any atom is 0.227 e. The van der Waals surface area contributed by atoms with Crippen LogP contribution in [0.25, 0.3) is 5.69 Å². The van der Waals surface area contributed by atoms with Crippen molar-refractivity contribution in [1.82, 2.24) is 14.7 Å². The van der Waals surface area contributed by atoms with Crippen molar-refractivity contribution in [2.45, 2.75) is 32.9 Å². The van der Waals surface area contributed by atoms with Crippen molar-refractivity contribution in [3.8, 4) is 23.1 Å². The quantitative estimate of drug-likeness (QED) is 0.349. The van der Waals surface area contributed by atoms with Gasteiger partial charge in [-0.15, -0.1) is 0 Å². The SMILES string of the molecule is CCOCC(O)CN(CCOC)Cc1c(CC)nn(-c2ccccc2)c1Oc1cccc(OC)c1. The molecule has 2 aromatic carbocycles. The van der Waals surface area contributed by atoms with Crippen molar-refractivity contribution in [1.29, 1.82) is 0 Å². The van der Waals surface area contributed by atoms with Gasteiger partial charge in [0.15, 0.2) is 0 Å². The van der Waals surface area contributed by atoms with Gasteiger partial charge >= 0.3 is 0 Å². The summed E-state index contributed by atoms with van der Waals surface area (Å²) < 4.78 is 24.5. The Bertz CT molecular complexity index is 1020. The molecule has 190 valence electrons. The molecule has 8 heteroatoms. The number of methoxy groups -OCH3 is 2. The summed E-state index contributed by atoms with van der Waals surface area (Å²) in [6.07, 6.45) is 0.132. The second-order valence-corrected chi connectivity index (χ2v) is 8.15. The number of benzene rings is 2. The molecule has 0 bridgehead atoms. The highest BCUT2D eigenvalue weighted by atomic mass is 16.5. The Morgan fingerprint density at radius 3 is 2.49 bits per heavy atom. The molecule has 0 radical (unpaired) electrons. The highest BCUT2D eigenvalue weighted by Crippen LogP contribution is 2.33. The molecule has 0 fully saturated rings. The predicted molar refractivity (Wildman–Crippen MR) is 136 cm³/mol. The minimum atomic E-state index is -0.608. The minimum absolute atomic E-state index is 0.289. The van der Waals surface area contributed by atoms with Gasteiger partial charge in [-0.3, -0.25) is 4.90 Å². The van der Waals surface area contributed by atoms with E-state index in [4.69, 9.17) is 24.0 Å². The monoisotopic (exact) mass is 483 g/mol. The summed E-state index contributed by atoms with van der Waals surface area (Å²) >= 11 is 0. The minimum Gasteiger partial charge on any atom is -0.497 e. The molecule has 0 aliphatic carbocycles. The highest BCUT2D eigenvalue weighted by Gasteiger charge is 2.24. The van der Waals surface area contributed by atoms with E-state index in [9.17, 15) is 5.11 Å². The molecule has 1 heterocycles. The first-order valence-electron chi connectivity index (χ1n) is 12.0. The first-order valence-corrected chi connectivity index (χ1v) is 12.0. The highest BCUT2D eigenvalue weighted by molar-refractivity contribution is 5.44. The Kier molecular flexibility index (Phi) is 10.6. The molecule has 0 amide bonds. The van der Waals surface area contributed by atoms with Gasteiger partial charge in [0.05, 0.1) is 43.4 Å². The Hall–Kier alpha value is -2.91. The fraction of sp³-hybridized carbons (Fsp3) is 0.444.